The standard InChI is InChI=1S/C14H8F6.C2H6/c15-13(16,17)11-5-1-9(2-6-11)10-3-7-12(8-4-10)14(18,19)20;1-2/h1-8H;1-2H3. The lowest BCUT2D eigenvalue weighted by molar-refractivity contribution is -0.138. The van der Waals surface area contributed by atoms with Crippen LogP contribution < -0.4 is 0 Å². The zero-order chi connectivity index (χ0) is 17.0. The Bertz CT molecular complexity index is 521. The molecule has 2 aromatic carbocycles. The van der Waals surface area contributed by atoms with E-state index in [0.717, 1.165) is 24.3 Å². The lowest BCUT2D eigenvalue weighted by Gasteiger charge is -2.09. The van der Waals surface area contributed by atoms with E-state index in [1.54, 1.807) is 0 Å². The summed E-state index contributed by atoms with van der Waals surface area (Å²) in [6.45, 7) is 4.00. The molecule has 0 radical (unpaired) electrons. The molecule has 0 aliphatic heterocycles. The molecule has 2 rings (SSSR count). The van der Waals surface area contributed by atoms with E-state index in [0.29, 0.717) is 11.1 Å². The summed E-state index contributed by atoms with van der Waals surface area (Å²) in [4.78, 5) is 0. The Balaban J connectivity index is 0.00000116. The summed E-state index contributed by atoms with van der Waals surface area (Å²) in [5.74, 6) is 0. The van der Waals surface area contributed by atoms with Crippen molar-refractivity contribution in [2.75, 3.05) is 0 Å². The molecule has 0 saturated heterocycles. The molecule has 0 N–H and O–H groups in total. The molecule has 0 fully saturated rings. The topological polar surface area (TPSA) is 0 Å². The zero-order valence-corrected chi connectivity index (χ0v) is 11.9. The van der Waals surface area contributed by atoms with Crippen molar-refractivity contribution in [3.05, 3.63) is 59.7 Å². The van der Waals surface area contributed by atoms with Gasteiger partial charge in [0.15, 0.2) is 0 Å². The normalized spacial score (nSPS) is 11.6. The summed E-state index contributed by atoms with van der Waals surface area (Å²) in [5, 5.41) is 0. The highest BCUT2D eigenvalue weighted by atomic mass is 19.4. The van der Waals surface area contributed by atoms with Gasteiger partial charge in [0.2, 0.25) is 0 Å². The largest absolute Gasteiger partial charge is 0.416 e. The molecule has 0 spiro atoms. The maximum absolute atomic E-state index is 12.4. The summed E-state index contributed by atoms with van der Waals surface area (Å²) >= 11 is 0. The van der Waals surface area contributed by atoms with Gasteiger partial charge in [-0.05, 0) is 35.4 Å². The summed E-state index contributed by atoms with van der Waals surface area (Å²) < 4.78 is 74.3. The minimum absolute atomic E-state index is 0.423. The molecule has 0 saturated carbocycles. The van der Waals surface area contributed by atoms with Gasteiger partial charge in [0, 0.05) is 0 Å². The maximum atomic E-state index is 12.4. The van der Waals surface area contributed by atoms with Crippen LogP contribution in [0.3, 0.4) is 0 Å². The van der Waals surface area contributed by atoms with E-state index in [2.05, 4.69) is 0 Å². The number of hydrogen-bond acceptors (Lipinski definition) is 0. The lowest BCUT2D eigenvalue weighted by atomic mass is 10.0. The molecule has 0 unspecified atom stereocenters. The van der Waals surface area contributed by atoms with Crippen molar-refractivity contribution in [1.82, 2.24) is 0 Å². The minimum atomic E-state index is -4.43. The van der Waals surface area contributed by atoms with Crippen LogP contribution in [0.5, 0.6) is 0 Å². The Morgan fingerprint density at radius 1 is 0.500 bits per heavy atom. The van der Waals surface area contributed by atoms with Crippen molar-refractivity contribution in [3.63, 3.8) is 0 Å². The molecule has 0 nitrogen and oxygen atoms in total. The Labute approximate surface area is 124 Å². The van der Waals surface area contributed by atoms with Crippen LogP contribution in [0.1, 0.15) is 25.0 Å². The van der Waals surface area contributed by atoms with E-state index in [4.69, 9.17) is 0 Å². The Morgan fingerprint density at radius 3 is 0.909 bits per heavy atom. The fraction of sp³-hybridized carbons (Fsp3) is 0.250. The highest BCUT2D eigenvalue weighted by molar-refractivity contribution is 5.64. The third kappa shape index (κ3) is 4.51. The van der Waals surface area contributed by atoms with Crippen LogP contribution in [0.15, 0.2) is 48.5 Å². The first kappa shape index (κ1) is 18.1. The van der Waals surface area contributed by atoms with Crippen molar-refractivity contribution >= 4 is 0 Å². The van der Waals surface area contributed by atoms with Crippen molar-refractivity contribution in [1.29, 1.82) is 0 Å². The highest BCUT2D eigenvalue weighted by Crippen LogP contribution is 2.33. The van der Waals surface area contributed by atoms with Gasteiger partial charge in [-0.1, -0.05) is 38.1 Å². The van der Waals surface area contributed by atoms with Gasteiger partial charge in [-0.2, -0.15) is 26.3 Å². The van der Waals surface area contributed by atoms with Gasteiger partial charge < -0.3 is 0 Å². The SMILES string of the molecule is CC.FC(F)(F)c1ccc(-c2ccc(C(F)(F)F)cc2)cc1. The molecule has 6 heteroatoms. The lowest BCUT2D eigenvalue weighted by Crippen LogP contribution is -2.04. The van der Waals surface area contributed by atoms with Gasteiger partial charge >= 0.3 is 12.4 Å². The zero-order valence-electron chi connectivity index (χ0n) is 11.9. The Hall–Kier alpha value is -1.98. The van der Waals surface area contributed by atoms with E-state index in [1.807, 2.05) is 13.8 Å². The van der Waals surface area contributed by atoms with Crippen LogP contribution in [-0.2, 0) is 12.4 Å². The highest BCUT2D eigenvalue weighted by Gasteiger charge is 2.31. The van der Waals surface area contributed by atoms with Crippen LogP contribution in [0, 0.1) is 0 Å². The van der Waals surface area contributed by atoms with Gasteiger partial charge in [0.05, 0.1) is 11.1 Å². The minimum Gasteiger partial charge on any atom is -0.166 e. The van der Waals surface area contributed by atoms with Crippen molar-refractivity contribution in [2.45, 2.75) is 26.2 Å². The molecule has 22 heavy (non-hydrogen) atoms. The molecule has 0 atom stereocenters. The smallest absolute Gasteiger partial charge is 0.166 e. The molecule has 0 amide bonds. The summed E-state index contributed by atoms with van der Waals surface area (Å²) in [6, 6.07) is 8.49. The van der Waals surface area contributed by atoms with Gasteiger partial charge in [-0.15, -0.1) is 0 Å². The molecule has 0 aliphatic rings. The van der Waals surface area contributed by atoms with Crippen LogP contribution in [0.25, 0.3) is 11.1 Å². The quantitative estimate of drug-likeness (QED) is 0.532. The third-order valence-electron chi connectivity index (χ3n) is 2.76. The predicted molar refractivity (Wildman–Crippen MR) is 73.2 cm³/mol. The van der Waals surface area contributed by atoms with Crippen LogP contribution in [0.2, 0.25) is 0 Å². The molecule has 0 aliphatic carbocycles. The number of hydrogen-bond donors (Lipinski definition) is 0. The van der Waals surface area contributed by atoms with E-state index < -0.39 is 23.5 Å². The van der Waals surface area contributed by atoms with Gasteiger partial charge in [0.25, 0.3) is 0 Å². The second kappa shape index (κ2) is 6.85. The molecule has 0 aromatic heterocycles. The van der Waals surface area contributed by atoms with Crippen LogP contribution >= 0.6 is 0 Å². The third-order valence-corrected chi connectivity index (χ3v) is 2.76. The Morgan fingerprint density at radius 2 is 0.727 bits per heavy atom. The predicted octanol–water partition coefficient (Wildman–Crippen LogP) is 6.42. The maximum Gasteiger partial charge on any atom is 0.416 e. The van der Waals surface area contributed by atoms with Crippen molar-refractivity contribution in [3.8, 4) is 11.1 Å². The number of alkyl halides is 6. The van der Waals surface area contributed by atoms with Gasteiger partial charge in [-0.25, -0.2) is 0 Å². The molecular weight excluding hydrogens is 306 g/mol. The van der Waals surface area contributed by atoms with E-state index in [-0.39, 0.29) is 0 Å². The second-order valence-corrected chi connectivity index (χ2v) is 4.15. The molecule has 120 valence electrons. The van der Waals surface area contributed by atoms with Gasteiger partial charge in [0.1, 0.15) is 0 Å². The van der Waals surface area contributed by atoms with Gasteiger partial charge in [-0.3, -0.25) is 0 Å². The number of rotatable bonds is 1. The summed E-state index contributed by atoms with van der Waals surface area (Å²) in [7, 11) is 0. The van der Waals surface area contributed by atoms with E-state index in [9.17, 15) is 26.3 Å². The number of halogens is 6. The number of benzene rings is 2. The first-order valence-electron chi connectivity index (χ1n) is 6.53. The molecule has 0 heterocycles. The first-order chi connectivity index (χ1) is 10.2. The monoisotopic (exact) mass is 320 g/mol. The molecule has 2 aromatic rings. The first-order valence-corrected chi connectivity index (χ1v) is 6.53. The van der Waals surface area contributed by atoms with Crippen LogP contribution in [0.4, 0.5) is 26.3 Å². The molecular formula is C16H14F6. The summed E-state index contributed by atoms with van der Waals surface area (Å²) in [6.07, 6.45) is -8.86. The van der Waals surface area contributed by atoms with E-state index >= 15 is 0 Å². The fourth-order valence-corrected chi connectivity index (χ4v) is 1.70. The average molecular weight is 320 g/mol. The van der Waals surface area contributed by atoms with Crippen molar-refractivity contribution in [2.24, 2.45) is 0 Å². The summed E-state index contributed by atoms with van der Waals surface area (Å²) in [5.41, 5.74) is -0.750. The Kier molecular flexibility index (Phi) is 5.63. The molecule has 0 bridgehead atoms. The average Bonchev–Trinajstić information content (AvgIpc) is 2.48. The van der Waals surface area contributed by atoms with Crippen molar-refractivity contribution < 1.29 is 26.3 Å². The van der Waals surface area contributed by atoms with Crippen LogP contribution in [-0.4, -0.2) is 0 Å². The second-order valence-electron chi connectivity index (χ2n) is 4.15. The van der Waals surface area contributed by atoms with E-state index in [1.165, 1.54) is 24.3 Å². The fourth-order valence-electron chi connectivity index (χ4n) is 1.70.